The van der Waals surface area contributed by atoms with Crippen LogP contribution in [0.4, 0.5) is 0 Å². The first-order valence-electron chi connectivity index (χ1n) is 19.7. The summed E-state index contributed by atoms with van der Waals surface area (Å²) in [6, 6.07) is 29.3. The highest BCUT2D eigenvalue weighted by molar-refractivity contribution is 7.36. The lowest BCUT2D eigenvalue weighted by Gasteiger charge is -2.21. The first-order valence-corrected chi connectivity index (χ1v) is 22.9. The van der Waals surface area contributed by atoms with Crippen molar-refractivity contribution in [2.45, 2.75) is 105 Å². The molecule has 0 spiro atoms. The Labute approximate surface area is 322 Å². The minimum atomic E-state index is 1.14. The van der Waals surface area contributed by atoms with Gasteiger partial charge in [0.2, 0.25) is 0 Å². The van der Waals surface area contributed by atoms with E-state index in [2.05, 4.69) is 109 Å². The number of aromatic nitrogens is 2. The van der Waals surface area contributed by atoms with Crippen LogP contribution in [-0.2, 0) is 25.7 Å². The van der Waals surface area contributed by atoms with Gasteiger partial charge in [-0.2, -0.15) is 0 Å². The van der Waals surface area contributed by atoms with Crippen LogP contribution in [0.5, 0.6) is 0 Å². The van der Waals surface area contributed by atoms with Gasteiger partial charge in [-0.3, -0.25) is 0 Å². The largest absolute Gasteiger partial charge is 0.305 e. The van der Waals surface area contributed by atoms with E-state index in [1.165, 1.54) is 144 Å². The summed E-state index contributed by atoms with van der Waals surface area (Å²) >= 11 is 8.08. The van der Waals surface area contributed by atoms with Crippen molar-refractivity contribution in [1.29, 1.82) is 0 Å². The van der Waals surface area contributed by atoms with Crippen molar-refractivity contribution in [3.63, 3.8) is 0 Å². The highest BCUT2D eigenvalue weighted by Gasteiger charge is 2.23. The number of hydrogen-bond acceptors (Lipinski definition) is 4. The van der Waals surface area contributed by atoms with Gasteiger partial charge in [0.05, 0.1) is 70.7 Å². The third-order valence-electron chi connectivity index (χ3n) is 10.9. The van der Waals surface area contributed by atoms with Crippen LogP contribution >= 0.6 is 45.3 Å². The molecule has 0 saturated heterocycles. The first kappa shape index (κ1) is 34.4. The van der Waals surface area contributed by atoms with Crippen LogP contribution in [0, 0.1) is 0 Å². The maximum absolute atomic E-state index is 2.65. The molecule has 0 aliphatic rings. The Balaban J connectivity index is 1.49. The second-order valence-corrected chi connectivity index (χ2v) is 18.9. The summed E-state index contributed by atoms with van der Waals surface area (Å²) in [4.78, 5) is 0. The number of rotatable bonds is 12. The van der Waals surface area contributed by atoms with Gasteiger partial charge < -0.3 is 8.80 Å². The molecular formula is C46H48N2S4. The fourth-order valence-electron chi connectivity index (χ4n) is 8.05. The van der Waals surface area contributed by atoms with Crippen molar-refractivity contribution in [1.82, 2.24) is 8.80 Å². The molecule has 0 saturated carbocycles. The molecule has 0 unspecified atom stereocenters. The molecule has 0 aliphatic heterocycles. The van der Waals surface area contributed by atoms with Crippen molar-refractivity contribution >= 4 is 116 Å². The maximum atomic E-state index is 2.65. The second kappa shape index (κ2) is 14.4. The van der Waals surface area contributed by atoms with Crippen molar-refractivity contribution < 1.29 is 0 Å². The van der Waals surface area contributed by atoms with E-state index in [-0.39, 0.29) is 0 Å². The molecular weight excluding hydrogens is 709 g/mol. The predicted molar refractivity (Wildman–Crippen MR) is 237 cm³/mol. The molecule has 0 bridgehead atoms. The monoisotopic (exact) mass is 756 g/mol. The van der Waals surface area contributed by atoms with Crippen molar-refractivity contribution in [3.05, 3.63) is 95.1 Å². The Bertz CT molecular complexity index is 2430. The standard InChI is InChI=1S/C46H48N2S4/c1-5-9-13-29-17-21-33-37(25-29)49-43-41-45(51-38-26-30(14-10-6-2)18-22-34(38)47(33)41)46-42-44(43)50-39-27-31(15-11-7-3)19-23-35(39)48(42)36-24-20-32(16-12-8-4)28-40(36)52-46/h17-28H,5-16H2,1-4H3. The summed E-state index contributed by atoms with van der Waals surface area (Å²) in [6.45, 7) is 9.19. The Morgan fingerprint density at radius 1 is 0.365 bits per heavy atom. The third-order valence-corrected chi connectivity index (χ3v) is 15.8. The van der Waals surface area contributed by atoms with Crippen LogP contribution in [0.2, 0.25) is 0 Å². The Morgan fingerprint density at radius 3 is 0.846 bits per heavy atom. The quantitative estimate of drug-likeness (QED) is 0.0867. The van der Waals surface area contributed by atoms with Gasteiger partial charge >= 0.3 is 0 Å². The fourth-order valence-corrected chi connectivity index (χ4v) is 13.4. The van der Waals surface area contributed by atoms with Crippen LogP contribution in [0.3, 0.4) is 0 Å². The van der Waals surface area contributed by atoms with Gasteiger partial charge in [0, 0.05) is 0 Å². The van der Waals surface area contributed by atoms with Crippen LogP contribution in [0.1, 0.15) is 101 Å². The Morgan fingerprint density at radius 2 is 0.615 bits per heavy atom. The molecule has 266 valence electrons. The minimum Gasteiger partial charge on any atom is -0.305 e. The zero-order chi connectivity index (χ0) is 35.3. The highest BCUT2D eigenvalue weighted by Crippen LogP contribution is 2.49. The van der Waals surface area contributed by atoms with Crippen molar-refractivity contribution in [2.24, 2.45) is 0 Å². The number of nitrogens with zero attached hydrogens (tertiary/aromatic N) is 2. The van der Waals surface area contributed by atoms with Crippen LogP contribution in [0.25, 0.3) is 70.7 Å². The Hall–Kier alpha value is -3.42. The molecule has 2 nitrogen and oxygen atoms in total. The van der Waals surface area contributed by atoms with Crippen molar-refractivity contribution in [3.8, 4) is 0 Å². The average Bonchev–Trinajstić information content (AvgIpc) is 3.18. The zero-order valence-corrected chi connectivity index (χ0v) is 34.2. The number of benzene rings is 5. The van der Waals surface area contributed by atoms with Crippen molar-refractivity contribution in [2.75, 3.05) is 0 Å². The molecule has 9 rings (SSSR count). The fraction of sp³-hybridized carbons (Fsp3) is 0.348. The van der Waals surface area contributed by atoms with Crippen LogP contribution < -0.4 is 0 Å². The van der Waals surface area contributed by atoms with Gasteiger partial charge in [0.25, 0.3) is 0 Å². The highest BCUT2D eigenvalue weighted by atomic mass is 32.1. The second-order valence-electron chi connectivity index (χ2n) is 14.7. The third kappa shape index (κ3) is 5.85. The lowest BCUT2D eigenvalue weighted by Crippen LogP contribution is -2.00. The van der Waals surface area contributed by atoms with Crippen LogP contribution in [0.15, 0.2) is 72.8 Å². The lowest BCUT2D eigenvalue weighted by molar-refractivity contribution is 0.796. The van der Waals surface area contributed by atoms with E-state index in [4.69, 9.17) is 0 Å². The average molecular weight is 757 g/mol. The maximum Gasteiger partial charge on any atom is 0.0838 e. The summed E-state index contributed by atoms with van der Waals surface area (Å²) in [6.07, 6.45) is 14.3. The number of hydrogen-bond donors (Lipinski definition) is 0. The topological polar surface area (TPSA) is 8.82 Å². The number of aryl methyl sites for hydroxylation is 4. The van der Waals surface area contributed by atoms with Crippen LogP contribution in [-0.4, -0.2) is 8.80 Å². The van der Waals surface area contributed by atoms with E-state index in [0.717, 1.165) is 25.7 Å². The molecule has 4 aromatic heterocycles. The normalized spacial score (nSPS) is 12.4. The molecule has 6 heteroatoms. The van der Waals surface area contributed by atoms with Gasteiger partial charge in [-0.25, -0.2) is 0 Å². The SMILES string of the molecule is CCCCc1ccc2c(c1)sc1c3sc4cc(CCCC)ccc4n4c5ccc(CCCC)cc5sc(c5sc6cc(CCCC)ccc6n2c15)c34. The number of fused-ring (bicyclic) bond motifs is 10. The van der Waals surface area contributed by atoms with Gasteiger partial charge in [-0.15, -0.1) is 45.3 Å². The van der Waals surface area contributed by atoms with Gasteiger partial charge in [-0.05, 0) is 122 Å². The van der Waals surface area contributed by atoms with E-state index in [1.807, 2.05) is 45.3 Å². The van der Waals surface area contributed by atoms with E-state index in [0.29, 0.717) is 0 Å². The summed E-state index contributed by atoms with van der Waals surface area (Å²) in [7, 11) is 0. The van der Waals surface area contributed by atoms with Gasteiger partial charge in [-0.1, -0.05) is 77.6 Å². The molecule has 4 heterocycles. The molecule has 9 aromatic rings. The molecule has 0 aliphatic carbocycles. The molecule has 0 fully saturated rings. The molecule has 0 radical (unpaired) electrons. The van der Waals surface area contributed by atoms with E-state index in [9.17, 15) is 0 Å². The molecule has 0 amide bonds. The molecule has 52 heavy (non-hydrogen) atoms. The predicted octanol–water partition coefficient (Wildman–Crippen LogP) is 15.9. The summed E-state index contributed by atoms with van der Waals surface area (Å²) in [5.41, 5.74) is 13.9. The Kier molecular flexibility index (Phi) is 9.53. The van der Waals surface area contributed by atoms with E-state index in [1.54, 1.807) is 0 Å². The molecule has 0 N–H and O–H groups in total. The van der Waals surface area contributed by atoms with E-state index >= 15 is 0 Å². The lowest BCUT2D eigenvalue weighted by atomic mass is 10.1. The van der Waals surface area contributed by atoms with Gasteiger partial charge in [0.1, 0.15) is 0 Å². The minimum absolute atomic E-state index is 1.14. The summed E-state index contributed by atoms with van der Waals surface area (Å²) in [5, 5.41) is 0. The smallest absolute Gasteiger partial charge is 0.0838 e. The summed E-state index contributed by atoms with van der Waals surface area (Å²) < 4.78 is 16.5. The number of unbranched alkanes of at least 4 members (excludes halogenated alkanes) is 4. The summed E-state index contributed by atoms with van der Waals surface area (Å²) in [5.74, 6) is 0. The zero-order valence-electron chi connectivity index (χ0n) is 30.9. The first-order chi connectivity index (χ1) is 25.6. The van der Waals surface area contributed by atoms with E-state index < -0.39 is 0 Å². The molecule has 5 aromatic carbocycles. The van der Waals surface area contributed by atoms with Gasteiger partial charge in [0.15, 0.2) is 0 Å². The molecule has 0 atom stereocenters.